The molecule has 0 spiro atoms. The Morgan fingerprint density at radius 3 is 2.58 bits per heavy atom. The summed E-state index contributed by atoms with van der Waals surface area (Å²) in [5, 5.41) is 2.80. The van der Waals surface area contributed by atoms with E-state index >= 15 is 0 Å². The molecule has 0 bridgehead atoms. The van der Waals surface area contributed by atoms with Gasteiger partial charge in [0.2, 0.25) is 5.91 Å². The Morgan fingerprint density at radius 2 is 1.95 bits per heavy atom. The van der Waals surface area contributed by atoms with E-state index in [1.165, 1.54) is 0 Å². The van der Waals surface area contributed by atoms with Crippen LogP contribution in [0.15, 0.2) is 47.2 Å². The van der Waals surface area contributed by atoms with Crippen LogP contribution in [-0.4, -0.2) is 10.9 Å². The van der Waals surface area contributed by atoms with E-state index in [0.29, 0.717) is 18.5 Å². The van der Waals surface area contributed by atoms with E-state index in [1.54, 1.807) is 18.3 Å². The molecule has 0 fully saturated rings. The standard InChI is InChI=1S/C14H14BrN3O/c15-13-7-6-12(9-17-13)18-14(19)8-3-10-1-4-11(16)5-2-10/h1-2,4-7,9H,3,8,16H2,(H,18,19). The number of hydrogen-bond acceptors (Lipinski definition) is 3. The number of carbonyl (C=O) groups excluding carboxylic acids is 1. The second-order valence-electron chi connectivity index (χ2n) is 4.16. The predicted octanol–water partition coefficient (Wildman–Crippen LogP) is 3.00. The first kappa shape index (κ1) is 13.5. The first-order chi connectivity index (χ1) is 9.13. The van der Waals surface area contributed by atoms with Gasteiger partial charge in [-0.2, -0.15) is 0 Å². The number of aromatic nitrogens is 1. The fourth-order valence-corrected chi connectivity index (χ4v) is 1.85. The highest BCUT2D eigenvalue weighted by Crippen LogP contribution is 2.12. The summed E-state index contributed by atoms with van der Waals surface area (Å²) >= 11 is 3.24. The lowest BCUT2D eigenvalue weighted by Gasteiger charge is -2.05. The van der Waals surface area contributed by atoms with Gasteiger partial charge in [0.15, 0.2) is 0 Å². The van der Waals surface area contributed by atoms with Gasteiger partial charge >= 0.3 is 0 Å². The smallest absolute Gasteiger partial charge is 0.224 e. The SMILES string of the molecule is Nc1ccc(CCC(=O)Nc2ccc(Br)nc2)cc1. The summed E-state index contributed by atoms with van der Waals surface area (Å²) in [7, 11) is 0. The number of halogens is 1. The predicted molar refractivity (Wildman–Crippen MR) is 79.7 cm³/mol. The maximum atomic E-state index is 11.8. The number of nitrogens with two attached hydrogens (primary N) is 1. The number of nitrogen functional groups attached to an aromatic ring is 1. The van der Waals surface area contributed by atoms with E-state index in [9.17, 15) is 4.79 Å². The summed E-state index contributed by atoms with van der Waals surface area (Å²) < 4.78 is 0.743. The molecule has 2 aromatic rings. The fraction of sp³-hybridized carbons (Fsp3) is 0.143. The Labute approximate surface area is 120 Å². The van der Waals surface area contributed by atoms with Gasteiger partial charge in [-0.05, 0) is 52.2 Å². The topological polar surface area (TPSA) is 68.0 Å². The van der Waals surface area contributed by atoms with Crippen LogP contribution in [0.4, 0.5) is 11.4 Å². The van der Waals surface area contributed by atoms with E-state index in [4.69, 9.17) is 5.73 Å². The summed E-state index contributed by atoms with van der Waals surface area (Å²) in [6.45, 7) is 0. The van der Waals surface area contributed by atoms with Gasteiger partial charge in [0.05, 0.1) is 11.9 Å². The molecule has 19 heavy (non-hydrogen) atoms. The van der Waals surface area contributed by atoms with Crippen LogP contribution in [0.25, 0.3) is 0 Å². The molecule has 4 nitrogen and oxygen atoms in total. The molecule has 1 aromatic carbocycles. The van der Waals surface area contributed by atoms with Crippen molar-refractivity contribution in [1.29, 1.82) is 0 Å². The number of benzene rings is 1. The Kier molecular flexibility index (Phi) is 4.52. The summed E-state index contributed by atoms with van der Waals surface area (Å²) in [5.41, 5.74) is 8.13. The Bertz CT molecular complexity index is 552. The highest BCUT2D eigenvalue weighted by molar-refractivity contribution is 9.10. The van der Waals surface area contributed by atoms with Gasteiger partial charge in [0.1, 0.15) is 4.60 Å². The zero-order chi connectivity index (χ0) is 13.7. The van der Waals surface area contributed by atoms with Crippen molar-refractivity contribution in [1.82, 2.24) is 4.98 Å². The highest BCUT2D eigenvalue weighted by Gasteiger charge is 2.03. The van der Waals surface area contributed by atoms with Crippen molar-refractivity contribution < 1.29 is 4.79 Å². The molecule has 98 valence electrons. The minimum Gasteiger partial charge on any atom is -0.399 e. The number of pyridine rings is 1. The Morgan fingerprint density at radius 1 is 1.21 bits per heavy atom. The lowest BCUT2D eigenvalue weighted by molar-refractivity contribution is -0.116. The number of carbonyl (C=O) groups is 1. The van der Waals surface area contributed by atoms with Crippen LogP contribution in [0.5, 0.6) is 0 Å². The average Bonchev–Trinajstić information content (AvgIpc) is 2.41. The Hall–Kier alpha value is -1.88. The van der Waals surface area contributed by atoms with Crippen LogP contribution in [0.3, 0.4) is 0 Å². The molecule has 0 atom stereocenters. The number of hydrogen-bond donors (Lipinski definition) is 2. The molecule has 2 rings (SSSR count). The van der Waals surface area contributed by atoms with E-state index in [-0.39, 0.29) is 5.91 Å². The van der Waals surface area contributed by atoms with Crippen LogP contribution in [0, 0.1) is 0 Å². The number of nitrogens with zero attached hydrogens (tertiary/aromatic N) is 1. The normalized spacial score (nSPS) is 10.2. The second kappa shape index (κ2) is 6.33. The van der Waals surface area contributed by atoms with E-state index in [2.05, 4.69) is 26.2 Å². The minimum atomic E-state index is -0.0269. The molecular formula is C14H14BrN3O. The third-order valence-electron chi connectivity index (χ3n) is 2.63. The third kappa shape index (κ3) is 4.37. The Balaban J connectivity index is 1.84. The van der Waals surface area contributed by atoms with Crippen LogP contribution >= 0.6 is 15.9 Å². The molecule has 0 aliphatic heterocycles. The van der Waals surface area contributed by atoms with Crippen molar-refractivity contribution in [3.63, 3.8) is 0 Å². The van der Waals surface area contributed by atoms with Crippen molar-refractivity contribution in [2.75, 3.05) is 11.1 Å². The van der Waals surface area contributed by atoms with Crippen LogP contribution < -0.4 is 11.1 Å². The number of anilines is 2. The van der Waals surface area contributed by atoms with Crippen molar-refractivity contribution in [3.8, 4) is 0 Å². The lowest BCUT2D eigenvalue weighted by Crippen LogP contribution is -2.12. The lowest BCUT2D eigenvalue weighted by atomic mass is 10.1. The van der Waals surface area contributed by atoms with Gasteiger partial charge in [-0.1, -0.05) is 12.1 Å². The molecule has 1 amide bonds. The first-order valence-corrected chi connectivity index (χ1v) is 6.68. The van der Waals surface area contributed by atoms with Gasteiger partial charge in [0, 0.05) is 12.1 Å². The molecule has 1 aromatic heterocycles. The van der Waals surface area contributed by atoms with E-state index < -0.39 is 0 Å². The van der Waals surface area contributed by atoms with Crippen LogP contribution in [-0.2, 0) is 11.2 Å². The number of nitrogens with one attached hydrogen (secondary N) is 1. The molecule has 0 aliphatic rings. The second-order valence-corrected chi connectivity index (χ2v) is 4.97. The van der Waals surface area contributed by atoms with Crippen LogP contribution in [0.1, 0.15) is 12.0 Å². The molecule has 0 unspecified atom stereocenters. The minimum absolute atomic E-state index is 0.0269. The van der Waals surface area contributed by atoms with E-state index in [0.717, 1.165) is 15.9 Å². The number of rotatable bonds is 4. The zero-order valence-corrected chi connectivity index (χ0v) is 11.9. The number of aryl methyl sites for hydroxylation is 1. The maximum absolute atomic E-state index is 11.8. The van der Waals surface area contributed by atoms with Crippen LogP contribution in [0.2, 0.25) is 0 Å². The monoisotopic (exact) mass is 319 g/mol. The fourth-order valence-electron chi connectivity index (χ4n) is 1.62. The maximum Gasteiger partial charge on any atom is 0.224 e. The molecule has 0 saturated carbocycles. The quantitative estimate of drug-likeness (QED) is 0.672. The molecule has 0 radical (unpaired) electrons. The van der Waals surface area contributed by atoms with Crippen molar-refractivity contribution in [3.05, 3.63) is 52.8 Å². The first-order valence-electron chi connectivity index (χ1n) is 5.89. The van der Waals surface area contributed by atoms with Gasteiger partial charge in [0.25, 0.3) is 0 Å². The van der Waals surface area contributed by atoms with Gasteiger partial charge in [-0.3, -0.25) is 4.79 Å². The molecule has 0 saturated heterocycles. The van der Waals surface area contributed by atoms with Gasteiger partial charge < -0.3 is 11.1 Å². The summed E-state index contributed by atoms with van der Waals surface area (Å²) in [5.74, 6) is -0.0269. The van der Waals surface area contributed by atoms with Crippen molar-refractivity contribution in [2.45, 2.75) is 12.8 Å². The zero-order valence-electron chi connectivity index (χ0n) is 10.3. The largest absolute Gasteiger partial charge is 0.399 e. The summed E-state index contributed by atoms with van der Waals surface area (Å²) in [6, 6.07) is 11.1. The average molecular weight is 320 g/mol. The van der Waals surface area contributed by atoms with Gasteiger partial charge in [-0.25, -0.2) is 4.98 Å². The summed E-state index contributed by atoms with van der Waals surface area (Å²) in [4.78, 5) is 15.8. The molecule has 1 heterocycles. The van der Waals surface area contributed by atoms with E-state index in [1.807, 2.05) is 24.3 Å². The molecule has 0 aliphatic carbocycles. The molecule has 3 N–H and O–H groups in total. The molecule has 5 heteroatoms. The van der Waals surface area contributed by atoms with Crippen molar-refractivity contribution >= 4 is 33.2 Å². The van der Waals surface area contributed by atoms with Crippen molar-refractivity contribution in [2.24, 2.45) is 0 Å². The number of amides is 1. The summed E-state index contributed by atoms with van der Waals surface area (Å²) in [6.07, 6.45) is 2.74. The van der Waals surface area contributed by atoms with Gasteiger partial charge in [-0.15, -0.1) is 0 Å². The third-order valence-corrected chi connectivity index (χ3v) is 3.10. The molecular weight excluding hydrogens is 306 g/mol. The highest BCUT2D eigenvalue weighted by atomic mass is 79.9.